The van der Waals surface area contributed by atoms with Gasteiger partial charge in [-0.1, -0.05) is 26.3 Å². The molecule has 0 N–H and O–H groups in total. The Bertz CT molecular complexity index is 667. The smallest absolute Gasteiger partial charge is 0.313 e. The molecule has 0 aromatic heterocycles. The van der Waals surface area contributed by atoms with Crippen molar-refractivity contribution in [1.82, 2.24) is 0 Å². The normalized spacial score (nSPS) is 49.3. The Balaban J connectivity index is 1.47. The van der Waals surface area contributed by atoms with Crippen molar-refractivity contribution in [2.75, 3.05) is 0 Å². The highest BCUT2D eigenvalue weighted by atomic mass is 16.6. The van der Waals surface area contributed by atoms with Gasteiger partial charge in [-0.3, -0.25) is 9.59 Å². The molecule has 27 heavy (non-hydrogen) atoms. The molecule has 4 fully saturated rings. The first-order valence-electron chi connectivity index (χ1n) is 11.1. The molecule has 0 amide bonds. The topological polar surface area (TPSA) is 52.6 Å². The molecular formula is C23H32O4. The molecule has 5 aliphatic rings. The minimum Gasteiger partial charge on any atom is -0.461 e. The van der Waals surface area contributed by atoms with E-state index in [-0.39, 0.29) is 30.1 Å². The molecular weight excluding hydrogens is 340 g/mol. The number of ether oxygens (including phenoxy) is 2. The van der Waals surface area contributed by atoms with Gasteiger partial charge in [-0.15, -0.1) is 0 Å². The largest absolute Gasteiger partial charge is 0.461 e. The fourth-order valence-electron chi connectivity index (χ4n) is 7.28. The molecule has 0 spiro atoms. The zero-order valence-electron chi connectivity index (χ0n) is 16.6. The number of cyclic esters (lactones) is 2. The number of carbonyl (C=O) groups is 2. The van der Waals surface area contributed by atoms with Crippen LogP contribution in [-0.2, 0) is 19.1 Å². The fourth-order valence-corrected chi connectivity index (χ4v) is 7.28. The van der Waals surface area contributed by atoms with E-state index < -0.39 is 0 Å². The summed E-state index contributed by atoms with van der Waals surface area (Å²) in [5, 5.41) is 0. The Morgan fingerprint density at radius 1 is 0.963 bits per heavy atom. The van der Waals surface area contributed by atoms with Crippen molar-refractivity contribution >= 4 is 11.9 Å². The lowest BCUT2D eigenvalue weighted by Crippen LogP contribution is -2.54. The van der Waals surface area contributed by atoms with Crippen LogP contribution in [0.5, 0.6) is 0 Å². The molecule has 3 aliphatic carbocycles. The Morgan fingerprint density at radius 2 is 1.74 bits per heavy atom. The van der Waals surface area contributed by atoms with Crippen molar-refractivity contribution in [1.29, 1.82) is 0 Å². The number of carbonyl (C=O) groups excluding carboxylic acids is 2. The summed E-state index contributed by atoms with van der Waals surface area (Å²) >= 11 is 0. The molecule has 2 aliphatic heterocycles. The van der Waals surface area contributed by atoms with Crippen molar-refractivity contribution in [3.05, 3.63) is 11.6 Å². The van der Waals surface area contributed by atoms with Crippen molar-refractivity contribution < 1.29 is 19.1 Å². The van der Waals surface area contributed by atoms with E-state index in [4.69, 9.17) is 9.47 Å². The quantitative estimate of drug-likeness (QED) is 0.536. The average Bonchev–Trinajstić information content (AvgIpc) is 3.36. The summed E-state index contributed by atoms with van der Waals surface area (Å²) < 4.78 is 12.1. The summed E-state index contributed by atoms with van der Waals surface area (Å²) in [5.74, 6) is 2.06. The van der Waals surface area contributed by atoms with Crippen LogP contribution in [0.1, 0.15) is 65.2 Å². The molecule has 5 rings (SSSR count). The van der Waals surface area contributed by atoms with Crippen LogP contribution in [0, 0.1) is 41.4 Å². The van der Waals surface area contributed by atoms with Crippen LogP contribution in [0.2, 0.25) is 0 Å². The molecule has 0 bridgehead atoms. The van der Waals surface area contributed by atoms with Crippen molar-refractivity contribution in [2.24, 2.45) is 41.4 Å². The van der Waals surface area contributed by atoms with Gasteiger partial charge in [-0.05, 0) is 67.8 Å². The summed E-state index contributed by atoms with van der Waals surface area (Å²) in [6, 6.07) is 0. The van der Waals surface area contributed by atoms with E-state index in [1.807, 2.05) is 0 Å². The molecule has 9 atom stereocenters. The Kier molecular flexibility index (Phi) is 4.36. The predicted molar refractivity (Wildman–Crippen MR) is 101 cm³/mol. The number of esters is 2. The zero-order chi connectivity index (χ0) is 18.7. The van der Waals surface area contributed by atoms with E-state index >= 15 is 0 Å². The maximum absolute atomic E-state index is 13.3. The van der Waals surface area contributed by atoms with Gasteiger partial charge in [0.25, 0.3) is 0 Å². The third-order valence-electron chi connectivity index (χ3n) is 8.50. The standard InChI is InChI=1S/C23H32O4/c1-12-7-9-15-11-17(24)26-22(18(12)15)20-16-10-8-13(2)19(16)21(27-23(20)25)14-5-3-4-6-14/h5,12-13,15-16,18-22H,3-4,6-11H2,1-2H3. The van der Waals surface area contributed by atoms with E-state index in [1.54, 1.807) is 0 Å². The van der Waals surface area contributed by atoms with E-state index in [2.05, 4.69) is 19.9 Å². The minimum absolute atomic E-state index is 0.0326. The maximum atomic E-state index is 13.3. The summed E-state index contributed by atoms with van der Waals surface area (Å²) in [7, 11) is 0. The lowest BCUT2D eigenvalue weighted by molar-refractivity contribution is -0.194. The highest BCUT2D eigenvalue weighted by Gasteiger charge is 2.59. The lowest BCUT2D eigenvalue weighted by Gasteiger charge is -2.47. The van der Waals surface area contributed by atoms with Gasteiger partial charge in [0.05, 0.1) is 5.92 Å². The van der Waals surface area contributed by atoms with Crippen LogP contribution >= 0.6 is 0 Å². The maximum Gasteiger partial charge on any atom is 0.313 e. The molecule has 148 valence electrons. The van der Waals surface area contributed by atoms with Crippen molar-refractivity contribution in [2.45, 2.75) is 77.4 Å². The summed E-state index contributed by atoms with van der Waals surface area (Å²) in [5.41, 5.74) is 1.35. The fraction of sp³-hybridized carbons (Fsp3) is 0.826. The van der Waals surface area contributed by atoms with Crippen LogP contribution in [0.15, 0.2) is 11.6 Å². The first-order chi connectivity index (χ1) is 13.0. The SMILES string of the molecule is CC1CCC2C(C3OC(=O)CC4CCC(C)C43)C(=O)OC(C3=CCCC3)C12. The van der Waals surface area contributed by atoms with Gasteiger partial charge in [0.1, 0.15) is 12.2 Å². The van der Waals surface area contributed by atoms with Gasteiger partial charge >= 0.3 is 11.9 Å². The average molecular weight is 373 g/mol. The highest BCUT2D eigenvalue weighted by Crippen LogP contribution is 2.55. The van der Waals surface area contributed by atoms with Gasteiger partial charge in [-0.2, -0.15) is 0 Å². The van der Waals surface area contributed by atoms with E-state index in [1.165, 1.54) is 12.0 Å². The Labute approximate surface area is 162 Å². The van der Waals surface area contributed by atoms with Crippen LogP contribution in [0.4, 0.5) is 0 Å². The highest BCUT2D eigenvalue weighted by molar-refractivity contribution is 5.77. The van der Waals surface area contributed by atoms with Gasteiger partial charge in [-0.25, -0.2) is 0 Å². The lowest BCUT2D eigenvalue weighted by atomic mass is 9.67. The third-order valence-corrected chi connectivity index (χ3v) is 8.50. The van der Waals surface area contributed by atoms with Crippen molar-refractivity contribution in [3.63, 3.8) is 0 Å². The summed E-state index contributed by atoms with van der Waals surface area (Å²) in [6.45, 7) is 4.59. The number of allylic oxidation sites excluding steroid dienone is 1. The number of hydrogen-bond acceptors (Lipinski definition) is 4. The first-order valence-corrected chi connectivity index (χ1v) is 11.1. The molecule has 0 aromatic rings. The molecule has 2 saturated carbocycles. The van der Waals surface area contributed by atoms with E-state index in [9.17, 15) is 9.59 Å². The molecule has 9 unspecified atom stereocenters. The molecule has 4 nitrogen and oxygen atoms in total. The van der Waals surface area contributed by atoms with Gasteiger partial charge in [0, 0.05) is 18.3 Å². The first kappa shape index (κ1) is 17.8. The van der Waals surface area contributed by atoms with Crippen LogP contribution in [0.25, 0.3) is 0 Å². The molecule has 2 heterocycles. The van der Waals surface area contributed by atoms with Crippen LogP contribution in [-0.4, -0.2) is 24.1 Å². The monoisotopic (exact) mass is 372 g/mol. The van der Waals surface area contributed by atoms with E-state index in [0.29, 0.717) is 41.9 Å². The molecule has 0 aromatic carbocycles. The summed E-state index contributed by atoms with van der Waals surface area (Å²) in [4.78, 5) is 25.6. The predicted octanol–water partition coefficient (Wildman–Crippen LogP) is 4.28. The zero-order valence-corrected chi connectivity index (χ0v) is 16.6. The molecule has 0 radical (unpaired) electrons. The third kappa shape index (κ3) is 2.77. The second-order valence-electron chi connectivity index (χ2n) is 9.90. The van der Waals surface area contributed by atoms with Gasteiger partial charge < -0.3 is 9.47 Å². The number of fused-ring (bicyclic) bond motifs is 2. The Hall–Kier alpha value is -1.32. The molecule has 2 saturated heterocycles. The number of rotatable bonds is 2. The second-order valence-corrected chi connectivity index (χ2v) is 9.90. The Morgan fingerprint density at radius 3 is 2.52 bits per heavy atom. The van der Waals surface area contributed by atoms with Gasteiger partial charge in [0.15, 0.2) is 0 Å². The van der Waals surface area contributed by atoms with Crippen LogP contribution < -0.4 is 0 Å². The van der Waals surface area contributed by atoms with Crippen LogP contribution in [0.3, 0.4) is 0 Å². The minimum atomic E-state index is -0.266. The number of hydrogen-bond donors (Lipinski definition) is 0. The summed E-state index contributed by atoms with van der Waals surface area (Å²) in [6.07, 6.45) is 10.4. The van der Waals surface area contributed by atoms with Crippen molar-refractivity contribution in [3.8, 4) is 0 Å². The second kappa shape index (κ2) is 6.63. The van der Waals surface area contributed by atoms with Gasteiger partial charge in [0.2, 0.25) is 0 Å². The molecule has 4 heteroatoms. The van der Waals surface area contributed by atoms with E-state index in [0.717, 1.165) is 38.5 Å².